The highest BCUT2D eigenvalue weighted by Crippen LogP contribution is 2.62. The van der Waals surface area contributed by atoms with Crippen LogP contribution >= 0.6 is 0 Å². The third-order valence-electron chi connectivity index (χ3n) is 8.92. The first-order chi connectivity index (χ1) is 17.0. The predicted octanol–water partition coefficient (Wildman–Crippen LogP) is 1.69. The maximum absolute atomic E-state index is 14.2. The monoisotopic (exact) mass is 511 g/mol. The number of Topliss-reactive ketones (excluding diaryl/α,β-unsaturated/α-hetero) is 5. The first-order valence-corrected chi connectivity index (χ1v) is 12.4. The molecule has 0 spiro atoms. The van der Waals surface area contributed by atoms with E-state index < -0.39 is 69.0 Å². The molecule has 9 heteroatoms. The molecule has 37 heavy (non-hydrogen) atoms. The van der Waals surface area contributed by atoms with Gasteiger partial charge in [-0.25, -0.2) is 0 Å². The van der Waals surface area contributed by atoms with E-state index >= 15 is 0 Å². The van der Waals surface area contributed by atoms with Crippen molar-refractivity contribution in [1.82, 2.24) is 4.90 Å². The van der Waals surface area contributed by atoms with E-state index in [0.29, 0.717) is 17.4 Å². The smallest absolute Gasteiger partial charge is 0.190 e. The lowest BCUT2D eigenvalue weighted by Gasteiger charge is -2.62. The van der Waals surface area contributed by atoms with Gasteiger partial charge in [0.1, 0.15) is 17.5 Å². The fourth-order valence-electron chi connectivity index (χ4n) is 7.56. The summed E-state index contributed by atoms with van der Waals surface area (Å²) in [6, 6.07) is 0.400. The Morgan fingerprint density at radius 3 is 2.22 bits per heavy atom. The van der Waals surface area contributed by atoms with Crippen LogP contribution < -0.4 is 0 Å². The topological polar surface area (TPSA) is 146 Å². The van der Waals surface area contributed by atoms with Crippen LogP contribution in [-0.2, 0) is 25.6 Å². The van der Waals surface area contributed by atoms with E-state index in [1.54, 1.807) is 27.1 Å². The molecule has 1 aromatic rings. The first-order valence-electron chi connectivity index (χ1n) is 12.4. The Hall–Kier alpha value is -3.04. The van der Waals surface area contributed by atoms with Gasteiger partial charge in [0, 0.05) is 5.41 Å². The van der Waals surface area contributed by atoms with Gasteiger partial charge in [-0.3, -0.25) is 33.7 Å². The fraction of sp³-hybridized carbons (Fsp3) is 0.571. The molecule has 3 unspecified atom stereocenters. The second kappa shape index (κ2) is 8.23. The molecule has 0 bridgehead atoms. The number of carbonyl (C=O) groups is 6. The Kier molecular flexibility index (Phi) is 6.01. The Bertz CT molecular complexity index is 1300. The van der Waals surface area contributed by atoms with Crippen LogP contribution in [-0.4, -0.2) is 76.1 Å². The lowest BCUT2D eigenvalue weighted by atomic mass is 9.42. The normalized spacial score (nSPS) is 35.4. The summed E-state index contributed by atoms with van der Waals surface area (Å²) >= 11 is 0. The van der Waals surface area contributed by atoms with Crippen LogP contribution in [0.1, 0.15) is 78.8 Å². The molecule has 0 heterocycles. The van der Waals surface area contributed by atoms with Crippen LogP contribution in [0.25, 0.3) is 0 Å². The summed E-state index contributed by atoms with van der Waals surface area (Å²) in [5.41, 5.74) is -4.56. The Labute approximate surface area is 215 Å². The van der Waals surface area contributed by atoms with Crippen LogP contribution in [0.4, 0.5) is 0 Å². The number of carbonyl (C=O) groups excluding carboxylic acids is 6. The van der Waals surface area contributed by atoms with Gasteiger partial charge in [-0.2, -0.15) is 0 Å². The van der Waals surface area contributed by atoms with Crippen molar-refractivity contribution in [1.29, 1.82) is 0 Å². The molecule has 2 fully saturated rings. The van der Waals surface area contributed by atoms with Crippen LogP contribution in [0.15, 0.2) is 6.07 Å². The molecular weight excluding hydrogens is 478 g/mol. The number of aldehydes is 1. The van der Waals surface area contributed by atoms with Crippen LogP contribution in [0.3, 0.4) is 0 Å². The van der Waals surface area contributed by atoms with Gasteiger partial charge in [-0.15, -0.1) is 0 Å². The Morgan fingerprint density at radius 2 is 1.73 bits per heavy atom. The molecule has 3 aliphatic rings. The number of phenolic OH excluding ortho intramolecular Hbond substituents is 1. The average Bonchev–Trinajstić information content (AvgIpc) is 2.75. The highest BCUT2D eigenvalue weighted by molar-refractivity contribution is 6.33. The number of rotatable bonds is 4. The molecule has 3 aliphatic carbocycles. The summed E-state index contributed by atoms with van der Waals surface area (Å²) in [6.07, 6.45) is 0.539. The number of phenols is 1. The number of hydrogen-bond donors (Lipinski definition) is 2. The fourth-order valence-corrected chi connectivity index (χ4v) is 7.56. The molecule has 9 nitrogen and oxygen atoms in total. The highest BCUT2D eigenvalue weighted by atomic mass is 16.3. The number of hydrogen-bond acceptors (Lipinski definition) is 9. The van der Waals surface area contributed by atoms with E-state index in [1.165, 1.54) is 11.8 Å². The maximum Gasteiger partial charge on any atom is 0.190 e. The summed E-state index contributed by atoms with van der Waals surface area (Å²) in [4.78, 5) is 80.9. The first kappa shape index (κ1) is 27.0. The minimum absolute atomic E-state index is 0.0449. The summed E-state index contributed by atoms with van der Waals surface area (Å²) < 4.78 is 0. The second-order valence-corrected chi connectivity index (χ2v) is 12.0. The number of likely N-dealkylation sites (N-methyl/N-ethyl adjacent to an activating group) is 1. The van der Waals surface area contributed by atoms with Gasteiger partial charge in [-0.1, -0.05) is 27.7 Å². The highest BCUT2D eigenvalue weighted by Gasteiger charge is 2.76. The number of aromatic hydroxyl groups is 1. The number of fused-ring (bicyclic) bond motifs is 3. The van der Waals surface area contributed by atoms with Gasteiger partial charge in [0.15, 0.2) is 35.0 Å². The largest absolute Gasteiger partial charge is 0.506 e. The van der Waals surface area contributed by atoms with Crippen molar-refractivity contribution in [3.05, 3.63) is 28.3 Å². The maximum atomic E-state index is 14.2. The van der Waals surface area contributed by atoms with Gasteiger partial charge in [0.2, 0.25) is 0 Å². The van der Waals surface area contributed by atoms with Crippen molar-refractivity contribution in [3.63, 3.8) is 0 Å². The lowest BCUT2D eigenvalue weighted by molar-refractivity contribution is -0.202. The van der Waals surface area contributed by atoms with Crippen molar-refractivity contribution in [2.24, 2.45) is 22.7 Å². The lowest BCUT2D eigenvalue weighted by Crippen LogP contribution is -2.79. The minimum atomic E-state index is -2.78. The zero-order valence-corrected chi connectivity index (χ0v) is 22.2. The van der Waals surface area contributed by atoms with Crippen LogP contribution in [0.5, 0.6) is 5.75 Å². The molecular formula is C28H33NO8. The SMILES string of the molecule is CC(=O)C1C(=O)C(N(C)C)[C@@]2(C)C[C@@]3(C)Cc4c(C(C)C)cc(C=O)c(O)c4C(=O)C3C(=O)[C@@]2(O)C1=O. The zero-order valence-electron chi connectivity index (χ0n) is 22.2. The third-order valence-corrected chi connectivity index (χ3v) is 8.92. The molecule has 2 saturated carbocycles. The molecule has 0 radical (unpaired) electrons. The molecule has 4 rings (SSSR count). The van der Waals surface area contributed by atoms with E-state index in [0.717, 1.165) is 6.92 Å². The average molecular weight is 512 g/mol. The van der Waals surface area contributed by atoms with Crippen molar-refractivity contribution >= 4 is 35.2 Å². The Balaban J connectivity index is 2.02. The minimum Gasteiger partial charge on any atom is -0.506 e. The van der Waals surface area contributed by atoms with E-state index in [1.807, 2.05) is 13.8 Å². The van der Waals surface area contributed by atoms with Crippen molar-refractivity contribution in [3.8, 4) is 5.75 Å². The molecule has 6 atom stereocenters. The van der Waals surface area contributed by atoms with Gasteiger partial charge in [0.25, 0.3) is 0 Å². The number of nitrogens with zero attached hydrogens (tertiary/aromatic N) is 1. The zero-order chi connectivity index (χ0) is 28.0. The van der Waals surface area contributed by atoms with Gasteiger partial charge in [0.05, 0.1) is 23.1 Å². The summed E-state index contributed by atoms with van der Waals surface area (Å²) in [7, 11) is 3.16. The van der Waals surface area contributed by atoms with E-state index in [2.05, 4.69) is 0 Å². The summed E-state index contributed by atoms with van der Waals surface area (Å²) in [6.45, 7) is 8.04. The molecule has 0 aliphatic heterocycles. The molecule has 0 amide bonds. The van der Waals surface area contributed by atoms with E-state index in [4.69, 9.17) is 0 Å². The van der Waals surface area contributed by atoms with Crippen molar-refractivity contribution < 1.29 is 39.0 Å². The van der Waals surface area contributed by atoms with Gasteiger partial charge < -0.3 is 10.2 Å². The molecule has 198 valence electrons. The third kappa shape index (κ3) is 3.23. The van der Waals surface area contributed by atoms with Crippen LogP contribution in [0, 0.1) is 22.7 Å². The van der Waals surface area contributed by atoms with Crippen LogP contribution in [0.2, 0.25) is 0 Å². The van der Waals surface area contributed by atoms with E-state index in [-0.39, 0.29) is 29.9 Å². The van der Waals surface area contributed by atoms with Gasteiger partial charge >= 0.3 is 0 Å². The van der Waals surface area contributed by atoms with E-state index in [9.17, 15) is 39.0 Å². The quantitative estimate of drug-likeness (QED) is 0.455. The molecule has 0 saturated heterocycles. The number of aliphatic hydroxyl groups is 1. The summed E-state index contributed by atoms with van der Waals surface area (Å²) in [5, 5.41) is 22.8. The standard InChI is InChI=1S/C28H33NO8/c1-12(2)15-8-14(10-30)20(32)18-16(15)9-26(4)11-27(5)23(29(6)7)22(34)17(13(3)31)24(35)28(27,37)25(36)19(26)21(18)33/h8,10,12,17,19,23,32,37H,9,11H2,1-7H3/t17?,19?,23?,26-,27-,28+/m1/s1. The molecule has 0 aromatic heterocycles. The van der Waals surface area contributed by atoms with Crippen molar-refractivity contribution in [2.75, 3.05) is 14.1 Å². The number of ketones is 5. The molecule has 2 N–H and O–H groups in total. The number of benzene rings is 1. The summed E-state index contributed by atoms with van der Waals surface area (Å²) in [5.74, 6) is -8.51. The second-order valence-electron chi connectivity index (χ2n) is 12.0. The van der Waals surface area contributed by atoms with Crippen molar-refractivity contribution in [2.45, 2.75) is 65.0 Å². The molecule has 1 aromatic carbocycles. The Morgan fingerprint density at radius 1 is 1.14 bits per heavy atom. The van der Waals surface area contributed by atoms with Gasteiger partial charge in [-0.05, 0) is 62.4 Å². The predicted molar refractivity (Wildman–Crippen MR) is 132 cm³/mol.